The third-order valence-corrected chi connectivity index (χ3v) is 6.73. The molecule has 0 spiro atoms. The number of anilines is 4. The summed E-state index contributed by atoms with van der Waals surface area (Å²) in [6, 6.07) is 20.7. The number of aromatic nitrogens is 4. The van der Waals surface area contributed by atoms with Crippen LogP contribution in [-0.4, -0.2) is 31.3 Å². The fourth-order valence-corrected chi connectivity index (χ4v) is 4.87. The molecule has 0 fully saturated rings. The third-order valence-electron chi connectivity index (χ3n) is 4.55. The lowest BCUT2D eigenvalue weighted by Gasteiger charge is -2.13. The summed E-state index contributed by atoms with van der Waals surface area (Å²) in [4.78, 5) is 0. The molecular formula is C23H18F3N7S3. The van der Waals surface area contributed by atoms with Crippen LogP contribution in [0.3, 0.4) is 0 Å². The van der Waals surface area contributed by atoms with Gasteiger partial charge in [0.15, 0.2) is 21.1 Å². The largest absolute Gasteiger partial charge is 0.331 e. The van der Waals surface area contributed by atoms with E-state index >= 15 is 0 Å². The van der Waals surface area contributed by atoms with Gasteiger partial charge in [-0.05, 0) is 36.5 Å². The van der Waals surface area contributed by atoms with Crippen LogP contribution in [0.25, 0.3) is 11.3 Å². The molecule has 0 saturated carbocycles. The molecule has 184 valence electrons. The average Bonchev–Trinajstić information content (AvgIpc) is 3.33. The standard InChI is InChI=1S/C23H18F3N7S3/c24-15(20(25)26)12-13-35-23-33-32-22(36-23)28-18-9-5-4-8-17(18)27-21(34)29-19-11-10-16(30-31-19)14-6-2-1-3-7-14/h1-11H,12-13H2,(H,28,32)(H2,27,29,31,34). The molecule has 4 aromatic rings. The van der Waals surface area contributed by atoms with E-state index in [1.807, 2.05) is 60.7 Å². The number of para-hydroxylation sites is 2. The van der Waals surface area contributed by atoms with Crippen LogP contribution in [0, 0.1) is 0 Å². The molecule has 0 amide bonds. The first-order valence-corrected chi connectivity index (χ1v) is 12.7. The summed E-state index contributed by atoms with van der Waals surface area (Å²) in [5.74, 6) is -0.791. The van der Waals surface area contributed by atoms with E-state index in [0.717, 1.165) is 23.0 Å². The Morgan fingerprint density at radius 1 is 0.833 bits per heavy atom. The monoisotopic (exact) mass is 545 g/mol. The van der Waals surface area contributed by atoms with Crippen molar-refractivity contribution in [3.05, 3.63) is 78.6 Å². The van der Waals surface area contributed by atoms with Crippen LogP contribution in [0.4, 0.5) is 35.5 Å². The van der Waals surface area contributed by atoms with Crippen molar-refractivity contribution in [3.63, 3.8) is 0 Å². The van der Waals surface area contributed by atoms with Crippen LogP contribution in [0.2, 0.25) is 0 Å². The van der Waals surface area contributed by atoms with Gasteiger partial charge in [0.05, 0.1) is 17.1 Å². The van der Waals surface area contributed by atoms with E-state index in [-0.39, 0.29) is 12.2 Å². The summed E-state index contributed by atoms with van der Waals surface area (Å²) in [6.07, 6.45) is -2.66. The van der Waals surface area contributed by atoms with Crippen LogP contribution in [0.1, 0.15) is 6.42 Å². The second-order valence-electron chi connectivity index (χ2n) is 7.06. The predicted molar refractivity (Wildman–Crippen MR) is 143 cm³/mol. The molecule has 0 saturated heterocycles. The molecule has 2 aromatic carbocycles. The molecule has 0 bridgehead atoms. The molecule has 7 nitrogen and oxygen atoms in total. The molecule has 4 rings (SSSR count). The molecule has 36 heavy (non-hydrogen) atoms. The Balaban J connectivity index is 1.34. The van der Waals surface area contributed by atoms with Crippen molar-refractivity contribution in [2.75, 3.05) is 21.7 Å². The van der Waals surface area contributed by atoms with Crippen molar-refractivity contribution in [1.82, 2.24) is 20.4 Å². The van der Waals surface area contributed by atoms with Crippen LogP contribution >= 0.6 is 35.3 Å². The van der Waals surface area contributed by atoms with Gasteiger partial charge >= 0.3 is 6.08 Å². The highest BCUT2D eigenvalue weighted by Gasteiger charge is 2.11. The average molecular weight is 546 g/mol. The van der Waals surface area contributed by atoms with Crippen LogP contribution in [0.5, 0.6) is 0 Å². The zero-order valence-corrected chi connectivity index (χ0v) is 20.9. The Morgan fingerprint density at radius 2 is 1.58 bits per heavy atom. The number of benzene rings is 2. The maximum absolute atomic E-state index is 12.9. The van der Waals surface area contributed by atoms with E-state index in [1.54, 1.807) is 6.07 Å². The number of allylic oxidation sites excluding steroid dienone is 1. The van der Waals surface area contributed by atoms with Crippen LogP contribution in [0.15, 0.2) is 83.0 Å². The number of hydrogen-bond donors (Lipinski definition) is 3. The fourth-order valence-electron chi connectivity index (χ4n) is 2.89. The highest BCUT2D eigenvalue weighted by Crippen LogP contribution is 2.31. The molecule has 2 aromatic heterocycles. The lowest BCUT2D eigenvalue weighted by Crippen LogP contribution is -2.20. The molecule has 2 heterocycles. The number of thiocarbonyl (C=S) groups is 1. The van der Waals surface area contributed by atoms with Gasteiger partial charge in [0.1, 0.15) is 0 Å². The summed E-state index contributed by atoms with van der Waals surface area (Å²) in [5, 5.41) is 26.5. The minimum atomic E-state index is -2.29. The molecular weight excluding hydrogens is 527 g/mol. The molecule has 0 aliphatic rings. The van der Waals surface area contributed by atoms with E-state index in [4.69, 9.17) is 12.2 Å². The number of halogens is 3. The second-order valence-corrected chi connectivity index (χ2v) is 9.78. The van der Waals surface area contributed by atoms with Crippen LogP contribution in [-0.2, 0) is 0 Å². The van der Waals surface area contributed by atoms with Gasteiger partial charge in [-0.2, -0.15) is 8.78 Å². The van der Waals surface area contributed by atoms with Gasteiger partial charge in [0.25, 0.3) is 0 Å². The van der Waals surface area contributed by atoms with Crippen molar-refractivity contribution in [2.45, 2.75) is 10.8 Å². The summed E-state index contributed by atoms with van der Waals surface area (Å²) >= 11 is 7.80. The Bertz CT molecular complexity index is 1340. The van der Waals surface area contributed by atoms with Gasteiger partial charge in [-0.15, -0.1) is 20.4 Å². The molecule has 0 atom stereocenters. The Kier molecular flexibility index (Phi) is 8.81. The van der Waals surface area contributed by atoms with Crippen molar-refractivity contribution >= 4 is 62.8 Å². The zero-order valence-electron chi connectivity index (χ0n) is 18.4. The Labute approximate surface area is 218 Å². The van der Waals surface area contributed by atoms with Crippen LogP contribution < -0.4 is 16.0 Å². The van der Waals surface area contributed by atoms with Gasteiger partial charge in [-0.25, -0.2) is 4.39 Å². The number of hydrogen-bond acceptors (Lipinski definition) is 8. The summed E-state index contributed by atoms with van der Waals surface area (Å²) in [6.45, 7) is 0. The van der Waals surface area contributed by atoms with E-state index < -0.39 is 11.9 Å². The van der Waals surface area contributed by atoms with E-state index in [2.05, 4.69) is 36.3 Å². The fraction of sp³-hybridized carbons (Fsp3) is 0.0870. The summed E-state index contributed by atoms with van der Waals surface area (Å²) in [7, 11) is 0. The molecule has 3 N–H and O–H groups in total. The predicted octanol–water partition coefficient (Wildman–Crippen LogP) is 7.11. The number of thioether (sulfide) groups is 1. The van der Waals surface area contributed by atoms with E-state index in [0.29, 0.717) is 31.8 Å². The van der Waals surface area contributed by atoms with Gasteiger partial charge in [-0.1, -0.05) is 65.6 Å². The normalized spacial score (nSPS) is 10.5. The SMILES string of the molecule is FC(F)=C(F)CCSc1nnc(Nc2ccccc2NC(=S)Nc2ccc(-c3ccccc3)nn2)s1. The quantitative estimate of drug-likeness (QED) is 0.150. The van der Waals surface area contributed by atoms with Gasteiger partial charge < -0.3 is 16.0 Å². The highest BCUT2D eigenvalue weighted by atomic mass is 32.2. The summed E-state index contributed by atoms with van der Waals surface area (Å²) in [5.41, 5.74) is 3.08. The first-order chi connectivity index (χ1) is 17.5. The Hall–Kier alpha value is -3.55. The maximum atomic E-state index is 12.9. The molecule has 0 radical (unpaired) electrons. The number of rotatable bonds is 9. The Morgan fingerprint density at radius 3 is 2.31 bits per heavy atom. The smallest absolute Gasteiger partial charge is 0.301 e. The second kappa shape index (κ2) is 12.4. The lowest BCUT2D eigenvalue weighted by atomic mass is 10.1. The molecule has 13 heteroatoms. The topological polar surface area (TPSA) is 87.7 Å². The maximum Gasteiger partial charge on any atom is 0.301 e. The van der Waals surface area contributed by atoms with Crippen molar-refractivity contribution in [2.24, 2.45) is 0 Å². The van der Waals surface area contributed by atoms with Gasteiger partial charge in [0.2, 0.25) is 5.13 Å². The third kappa shape index (κ3) is 7.23. The minimum absolute atomic E-state index is 0.130. The number of nitrogens with one attached hydrogen (secondary N) is 3. The van der Waals surface area contributed by atoms with Crippen molar-refractivity contribution in [3.8, 4) is 11.3 Å². The minimum Gasteiger partial charge on any atom is -0.331 e. The molecule has 0 aliphatic carbocycles. The highest BCUT2D eigenvalue weighted by molar-refractivity contribution is 8.01. The van der Waals surface area contributed by atoms with E-state index in [9.17, 15) is 13.2 Å². The molecule has 0 aliphatic heterocycles. The first kappa shape index (κ1) is 25.5. The van der Waals surface area contributed by atoms with Crippen molar-refractivity contribution in [1.29, 1.82) is 0 Å². The van der Waals surface area contributed by atoms with Gasteiger partial charge in [-0.3, -0.25) is 0 Å². The summed E-state index contributed by atoms with van der Waals surface area (Å²) < 4.78 is 37.8. The van der Waals surface area contributed by atoms with Crippen molar-refractivity contribution < 1.29 is 13.2 Å². The van der Waals surface area contributed by atoms with Gasteiger partial charge in [0, 0.05) is 17.7 Å². The van der Waals surface area contributed by atoms with E-state index in [1.165, 1.54) is 11.3 Å². The first-order valence-electron chi connectivity index (χ1n) is 10.5. The lowest BCUT2D eigenvalue weighted by molar-refractivity contribution is 0.373. The number of nitrogens with zero attached hydrogens (tertiary/aromatic N) is 4. The molecule has 0 unspecified atom stereocenters. The zero-order chi connectivity index (χ0) is 25.3.